The van der Waals surface area contributed by atoms with Gasteiger partial charge < -0.3 is 5.32 Å². The van der Waals surface area contributed by atoms with Crippen molar-refractivity contribution in [2.75, 3.05) is 5.32 Å². The van der Waals surface area contributed by atoms with Gasteiger partial charge >= 0.3 is 0 Å². The first-order chi connectivity index (χ1) is 9.49. The Bertz CT molecular complexity index is 662. The molecular formula is C14H12ClFN2O2. The maximum Gasteiger partial charge on any atom is 0.274 e. The van der Waals surface area contributed by atoms with Gasteiger partial charge in [-0.05, 0) is 30.7 Å². The Morgan fingerprint density at radius 2 is 2.10 bits per heavy atom. The minimum Gasteiger partial charge on any atom is -0.381 e. The van der Waals surface area contributed by atoms with E-state index in [9.17, 15) is 14.5 Å². The lowest BCUT2D eigenvalue weighted by Crippen LogP contribution is -2.03. The summed E-state index contributed by atoms with van der Waals surface area (Å²) in [5, 5.41) is 14.0. The normalized spacial score (nSPS) is 10.3. The molecule has 104 valence electrons. The van der Waals surface area contributed by atoms with Crippen LogP contribution >= 0.6 is 11.6 Å². The third kappa shape index (κ3) is 3.05. The van der Waals surface area contributed by atoms with Crippen molar-refractivity contribution in [3.63, 3.8) is 0 Å². The van der Waals surface area contributed by atoms with Gasteiger partial charge in [-0.15, -0.1) is 0 Å². The zero-order valence-corrected chi connectivity index (χ0v) is 11.4. The highest BCUT2D eigenvalue weighted by Gasteiger charge is 2.12. The third-order valence-corrected chi connectivity index (χ3v) is 3.26. The van der Waals surface area contributed by atoms with E-state index in [1.165, 1.54) is 18.2 Å². The summed E-state index contributed by atoms with van der Waals surface area (Å²) in [6.07, 6.45) is 0. The van der Waals surface area contributed by atoms with Gasteiger partial charge in [0.15, 0.2) is 0 Å². The van der Waals surface area contributed by atoms with Gasteiger partial charge in [-0.25, -0.2) is 4.39 Å². The molecule has 4 nitrogen and oxygen atoms in total. The molecule has 0 saturated heterocycles. The molecule has 0 heterocycles. The summed E-state index contributed by atoms with van der Waals surface area (Å²) in [7, 11) is 0. The van der Waals surface area contributed by atoms with Crippen molar-refractivity contribution in [1.82, 2.24) is 0 Å². The largest absolute Gasteiger partial charge is 0.381 e. The highest BCUT2D eigenvalue weighted by atomic mass is 35.5. The molecule has 0 atom stereocenters. The van der Waals surface area contributed by atoms with Crippen LogP contribution in [0, 0.1) is 22.9 Å². The number of hydrogen-bond acceptors (Lipinski definition) is 3. The van der Waals surface area contributed by atoms with Crippen LogP contribution in [0.3, 0.4) is 0 Å². The smallest absolute Gasteiger partial charge is 0.274 e. The van der Waals surface area contributed by atoms with Crippen LogP contribution in [0.5, 0.6) is 0 Å². The molecule has 2 aromatic carbocycles. The Morgan fingerprint density at radius 1 is 1.35 bits per heavy atom. The molecule has 20 heavy (non-hydrogen) atoms. The van der Waals surface area contributed by atoms with E-state index < -0.39 is 10.7 Å². The molecule has 0 aliphatic carbocycles. The first-order valence-corrected chi connectivity index (χ1v) is 6.28. The molecule has 0 spiro atoms. The molecule has 0 amide bonds. The topological polar surface area (TPSA) is 55.2 Å². The molecule has 0 aromatic heterocycles. The molecule has 0 aliphatic heterocycles. The quantitative estimate of drug-likeness (QED) is 0.675. The van der Waals surface area contributed by atoms with Gasteiger partial charge in [0.2, 0.25) is 0 Å². The van der Waals surface area contributed by atoms with Gasteiger partial charge in [-0.2, -0.15) is 0 Å². The number of nitrogens with zero attached hydrogens (tertiary/aromatic N) is 1. The lowest BCUT2D eigenvalue weighted by Gasteiger charge is -2.10. The molecule has 0 radical (unpaired) electrons. The van der Waals surface area contributed by atoms with E-state index in [1.54, 1.807) is 25.1 Å². The Morgan fingerprint density at radius 3 is 2.75 bits per heavy atom. The van der Waals surface area contributed by atoms with Gasteiger partial charge in [0, 0.05) is 23.9 Å². The van der Waals surface area contributed by atoms with E-state index in [0.717, 1.165) is 5.56 Å². The second-order valence-electron chi connectivity index (χ2n) is 4.31. The fourth-order valence-electron chi connectivity index (χ4n) is 1.86. The van der Waals surface area contributed by atoms with Crippen molar-refractivity contribution in [3.05, 3.63) is 68.5 Å². The van der Waals surface area contributed by atoms with Crippen molar-refractivity contribution < 1.29 is 9.31 Å². The first kappa shape index (κ1) is 14.3. The maximum absolute atomic E-state index is 13.0. The second-order valence-corrected chi connectivity index (χ2v) is 4.72. The predicted octanol–water partition coefficient (Wildman–Crippen LogP) is 4.31. The SMILES string of the molecule is Cc1c(NCc2ccc(F)c(Cl)c2)cccc1[N+](=O)[O-]. The van der Waals surface area contributed by atoms with Gasteiger partial charge in [-0.3, -0.25) is 10.1 Å². The molecule has 6 heteroatoms. The molecule has 0 aliphatic rings. The Labute approximate surface area is 120 Å². The van der Waals surface area contributed by atoms with Crippen LogP contribution in [-0.4, -0.2) is 4.92 Å². The number of nitrogens with one attached hydrogen (secondary N) is 1. The number of anilines is 1. The zero-order valence-electron chi connectivity index (χ0n) is 10.7. The molecule has 2 rings (SSSR count). The van der Waals surface area contributed by atoms with Crippen LogP contribution in [0.25, 0.3) is 0 Å². The summed E-state index contributed by atoms with van der Waals surface area (Å²) >= 11 is 5.70. The summed E-state index contributed by atoms with van der Waals surface area (Å²) in [5.41, 5.74) is 2.08. The predicted molar refractivity (Wildman–Crippen MR) is 76.6 cm³/mol. The van der Waals surface area contributed by atoms with Gasteiger partial charge in [0.1, 0.15) is 5.82 Å². The highest BCUT2D eigenvalue weighted by Crippen LogP contribution is 2.25. The maximum atomic E-state index is 13.0. The summed E-state index contributed by atoms with van der Waals surface area (Å²) < 4.78 is 13.0. The lowest BCUT2D eigenvalue weighted by molar-refractivity contribution is -0.385. The van der Waals surface area contributed by atoms with E-state index in [4.69, 9.17) is 11.6 Å². The van der Waals surface area contributed by atoms with E-state index >= 15 is 0 Å². The van der Waals surface area contributed by atoms with Crippen molar-refractivity contribution in [2.24, 2.45) is 0 Å². The minimum absolute atomic E-state index is 0.0556. The zero-order chi connectivity index (χ0) is 14.7. The summed E-state index contributed by atoms with van der Waals surface area (Å²) in [4.78, 5) is 10.4. The Hall–Kier alpha value is -2.14. The van der Waals surface area contributed by atoms with E-state index in [1.807, 2.05) is 0 Å². The molecule has 1 N–H and O–H groups in total. The summed E-state index contributed by atoms with van der Waals surface area (Å²) in [5.74, 6) is -0.470. The number of nitro groups is 1. The number of halogens is 2. The lowest BCUT2D eigenvalue weighted by atomic mass is 10.1. The van der Waals surface area contributed by atoms with Crippen LogP contribution in [0.2, 0.25) is 5.02 Å². The van der Waals surface area contributed by atoms with Crippen molar-refractivity contribution in [3.8, 4) is 0 Å². The number of benzene rings is 2. The molecule has 0 bridgehead atoms. The fourth-order valence-corrected chi connectivity index (χ4v) is 2.06. The fraction of sp³-hybridized carbons (Fsp3) is 0.143. The molecule has 0 saturated carbocycles. The molecule has 0 unspecified atom stereocenters. The van der Waals surface area contributed by atoms with Crippen LogP contribution in [0.4, 0.5) is 15.8 Å². The Kier molecular flexibility index (Phi) is 4.20. The highest BCUT2D eigenvalue weighted by molar-refractivity contribution is 6.30. The van der Waals surface area contributed by atoms with Gasteiger partial charge in [0.05, 0.1) is 9.95 Å². The van der Waals surface area contributed by atoms with Crippen LogP contribution in [-0.2, 0) is 6.54 Å². The average Bonchev–Trinajstić information content (AvgIpc) is 2.41. The summed E-state index contributed by atoms with van der Waals surface area (Å²) in [6.45, 7) is 2.08. The third-order valence-electron chi connectivity index (χ3n) is 2.97. The molecular weight excluding hydrogens is 283 g/mol. The monoisotopic (exact) mass is 294 g/mol. The Balaban J connectivity index is 2.17. The van der Waals surface area contributed by atoms with Gasteiger partial charge in [0.25, 0.3) is 5.69 Å². The minimum atomic E-state index is -0.470. The van der Waals surface area contributed by atoms with Crippen molar-refractivity contribution in [1.29, 1.82) is 0 Å². The van der Waals surface area contributed by atoms with E-state index in [-0.39, 0.29) is 10.7 Å². The van der Waals surface area contributed by atoms with Crippen molar-refractivity contribution >= 4 is 23.0 Å². The van der Waals surface area contributed by atoms with E-state index in [2.05, 4.69) is 5.32 Å². The standard InChI is InChI=1S/C14H12ClFN2O2/c1-9-13(3-2-4-14(9)18(19)20)17-8-10-5-6-12(16)11(15)7-10/h2-7,17H,8H2,1H3. The number of nitro benzene ring substituents is 1. The van der Waals surface area contributed by atoms with Gasteiger partial charge in [-0.1, -0.05) is 23.7 Å². The van der Waals surface area contributed by atoms with Crippen LogP contribution in [0.15, 0.2) is 36.4 Å². The number of hydrogen-bond donors (Lipinski definition) is 1. The second kappa shape index (κ2) is 5.88. The number of rotatable bonds is 4. The average molecular weight is 295 g/mol. The van der Waals surface area contributed by atoms with E-state index in [0.29, 0.717) is 17.8 Å². The molecule has 0 fully saturated rings. The first-order valence-electron chi connectivity index (χ1n) is 5.91. The van der Waals surface area contributed by atoms with Crippen molar-refractivity contribution in [2.45, 2.75) is 13.5 Å². The van der Waals surface area contributed by atoms with Crippen LogP contribution in [0.1, 0.15) is 11.1 Å². The summed E-state index contributed by atoms with van der Waals surface area (Å²) in [6, 6.07) is 9.25. The van der Waals surface area contributed by atoms with Crippen LogP contribution < -0.4 is 5.32 Å². The molecule has 2 aromatic rings.